The average Bonchev–Trinajstić information content (AvgIpc) is 2.88. The fraction of sp³-hybridized carbons (Fsp3) is 0.296. The van der Waals surface area contributed by atoms with E-state index in [1.165, 1.54) is 37.4 Å². The minimum absolute atomic E-state index is 0.00943. The first kappa shape index (κ1) is 25.9. The number of phenols is 1. The maximum Gasteiger partial charge on any atom is 0.257 e. The van der Waals surface area contributed by atoms with E-state index in [0.29, 0.717) is 31.4 Å². The molecule has 37 heavy (non-hydrogen) atoms. The predicted molar refractivity (Wildman–Crippen MR) is 131 cm³/mol. The predicted octanol–water partition coefficient (Wildman–Crippen LogP) is 4.27. The van der Waals surface area contributed by atoms with E-state index < -0.39 is 17.5 Å². The molecule has 1 aliphatic rings. The molecule has 194 valence electrons. The molecule has 1 aromatic heterocycles. The van der Waals surface area contributed by atoms with Crippen molar-refractivity contribution in [1.29, 1.82) is 0 Å². The number of nitrogens with zero attached hydrogens (tertiary/aromatic N) is 1. The van der Waals surface area contributed by atoms with Gasteiger partial charge in [-0.2, -0.15) is 0 Å². The molecule has 1 heterocycles. The summed E-state index contributed by atoms with van der Waals surface area (Å²) < 4.78 is 37.7. The molecular weight excluding hydrogens is 484 g/mol. The number of hydrogen-bond donors (Lipinski definition) is 3. The topological polar surface area (TPSA) is 110 Å². The molecule has 0 spiro atoms. The summed E-state index contributed by atoms with van der Waals surface area (Å²) in [5.41, 5.74) is 0.652. The summed E-state index contributed by atoms with van der Waals surface area (Å²) >= 11 is 0. The highest BCUT2D eigenvalue weighted by Gasteiger charge is 2.26. The number of carbonyl (C=O) groups excluding carboxylic acids is 2. The van der Waals surface area contributed by atoms with Gasteiger partial charge in [-0.25, -0.2) is 13.8 Å². The lowest BCUT2D eigenvalue weighted by atomic mass is 9.90. The normalized spacial score (nSPS) is 17.1. The molecule has 0 radical (unpaired) electrons. The monoisotopic (exact) mass is 511 g/mol. The molecule has 4 rings (SSSR count). The van der Waals surface area contributed by atoms with Crippen LogP contribution in [0.4, 0.5) is 8.78 Å². The van der Waals surface area contributed by atoms with Crippen LogP contribution >= 0.6 is 0 Å². The Bertz CT molecular complexity index is 1260. The molecule has 1 fully saturated rings. The zero-order valence-electron chi connectivity index (χ0n) is 20.2. The first-order chi connectivity index (χ1) is 17.8. The first-order valence-corrected chi connectivity index (χ1v) is 11.9. The highest BCUT2D eigenvalue weighted by molar-refractivity contribution is 5.96. The maximum atomic E-state index is 13.9. The van der Waals surface area contributed by atoms with Gasteiger partial charge in [-0.1, -0.05) is 6.07 Å². The molecule has 3 aromatic rings. The maximum absolute atomic E-state index is 13.9. The lowest BCUT2D eigenvalue weighted by molar-refractivity contribution is -0.121. The van der Waals surface area contributed by atoms with E-state index in [-0.39, 0.29) is 47.4 Å². The van der Waals surface area contributed by atoms with Gasteiger partial charge in [-0.05, 0) is 73.7 Å². The number of aromatic hydroxyl groups is 1. The smallest absolute Gasteiger partial charge is 0.257 e. The fourth-order valence-electron chi connectivity index (χ4n) is 4.23. The van der Waals surface area contributed by atoms with Crippen molar-refractivity contribution in [2.75, 3.05) is 7.11 Å². The number of nitrogens with one attached hydrogen (secondary N) is 2. The van der Waals surface area contributed by atoms with Gasteiger partial charge in [0, 0.05) is 12.1 Å². The summed E-state index contributed by atoms with van der Waals surface area (Å²) in [6, 6.07) is 10.8. The molecule has 8 nitrogen and oxygen atoms in total. The van der Waals surface area contributed by atoms with Gasteiger partial charge in [0.2, 0.25) is 11.8 Å². The van der Waals surface area contributed by atoms with Crippen LogP contribution in [0.1, 0.15) is 41.6 Å². The quantitative estimate of drug-likeness (QED) is 0.417. The van der Waals surface area contributed by atoms with Gasteiger partial charge in [0.15, 0.2) is 11.5 Å². The molecule has 3 N–H and O–H groups in total. The van der Waals surface area contributed by atoms with E-state index in [0.717, 1.165) is 17.8 Å². The second-order valence-corrected chi connectivity index (χ2v) is 8.83. The number of rotatable bonds is 8. The van der Waals surface area contributed by atoms with Crippen molar-refractivity contribution in [3.8, 4) is 23.1 Å². The molecule has 0 bridgehead atoms. The van der Waals surface area contributed by atoms with Crippen molar-refractivity contribution in [2.45, 2.75) is 44.2 Å². The summed E-state index contributed by atoms with van der Waals surface area (Å²) in [6.07, 6.45) is 3.67. The Kier molecular flexibility index (Phi) is 8.17. The first-order valence-electron chi connectivity index (χ1n) is 11.9. The van der Waals surface area contributed by atoms with Gasteiger partial charge in [0.25, 0.3) is 5.91 Å². The Balaban J connectivity index is 1.30. The van der Waals surface area contributed by atoms with Gasteiger partial charge in [0.05, 0.1) is 19.7 Å². The van der Waals surface area contributed by atoms with Gasteiger partial charge in [0.1, 0.15) is 22.9 Å². The van der Waals surface area contributed by atoms with E-state index in [4.69, 9.17) is 9.47 Å². The van der Waals surface area contributed by atoms with Crippen LogP contribution in [0.5, 0.6) is 23.1 Å². The van der Waals surface area contributed by atoms with Crippen molar-refractivity contribution < 1.29 is 33.0 Å². The summed E-state index contributed by atoms with van der Waals surface area (Å²) in [7, 11) is 1.44. The molecule has 0 saturated heterocycles. The number of pyridine rings is 1. The van der Waals surface area contributed by atoms with Gasteiger partial charge in [-0.3, -0.25) is 9.59 Å². The zero-order valence-corrected chi connectivity index (χ0v) is 20.2. The number of phenolic OH excluding ortho intramolecular Hbond substituents is 1. The number of benzene rings is 2. The summed E-state index contributed by atoms with van der Waals surface area (Å²) in [5.74, 6) is -1.31. The van der Waals surface area contributed by atoms with Gasteiger partial charge < -0.3 is 25.2 Å². The van der Waals surface area contributed by atoms with Crippen LogP contribution in [0, 0.1) is 11.6 Å². The minimum atomic E-state index is -0.686. The van der Waals surface area contributed by atoms with Crippen LogP contribution in [0.3, 0.4) is 0 Å². The minimum Gasteiger partial charge on any atom is -0.504 e. The molecule has 2 aromatic carbocycles. The van der Waals surface area contributed by atoms with Crippen molar-refractivity contribution in [3.63, 3.8) is 0 Å². The largest absolute Gasteiger partial charge is 0.504 e. The summed E-state index contributed by atoms with van der Waals surface area (Å²) in [4.78, 5) is 29.3. The van der Waals surface area contributed by atoms with Crippen LogP contribution < -0.4 is 20.1 Å². The highest BCUT2D eigenvalue weighted by Crippen LogP contribution is 2.27. The Labute approximate surface area is 212 Å². The van der Waals surface area contributed by atoms with Crippen LogP contribution in [0.2, 0.25) is 0 Å². The van der Waals surface area contributed by atoms with Crippen LogP contribution in [0.25, 0.3) is 0 Å². The number of hydrogen-bond acceptors (Lipinski definition) is 6. The van der Waals surface area contributed by atoms with E-state index in [2.05, 4.69) is 15.6 Å². The van der Waals surface area contributed by atoms with Gasteiger partial charge in [-0.15, -0.1) is 0 Å². The number of aromatic nitrogens is 1. The van der Waals surface area contributed by atoms with Crippen LogP contribution in [0.15, 0.2) is 54.7 Å². The summed E-state index contributed by atoms with van der Waals surface area (Å²) in [6.45, 7) is 0. The van der Waals surface area contributed by atoms with Gasteiger partial charge >= 0.3 is 0 Å². The third-order valence-electron chi connectivity index (χ3n) is 6.13. The molecule has 0 atom stereocenters. The van der Waals surface area contributed by atoms with E-state index >= 15 is 0 Å². The van der Waals surface area contributed by atoms with E-state index in [9.17, 15) is 23.5 Å². The Morgan fingerprint density at radius 1 is 0.973 bits per heavy atom. The SMILES string of the molecule is COc1cc(CC(=O)NC2CCC(NC(=O)c3cc(F)cnc3Oc3ccc(F)cc3)CC2)ccc1O. The van der Waals surface area contributed by atoms with Crippen molar-refractivity contribution in [3.05, 3.63) is 77.5 Å². The Morgan fingerprint density at radius 2 is 1.65 bits per heavy atom. The molecule has 10 heteroatoms. The molecule has 1 saturated carbocycles. The molecular formula is C27H27F2N3O5. The lowest BCUT2D eigenvalue weighted by Crippen LogP contribution is -2.44. The number of amides is 2. The number of ether oxygens (including phenoxy) is 2. The third kappa shape index (κ3) is 6.93. The average molecular weight is 512 g/mol. The second-order valence-electron chi connectivity index (χ2n) is 8.83. The molecule has 0 unspecified atom stereocenters. The number of carbonyl (C=O) groups is 2. The second kappa shape index (κ2) is 11.7. The van der Waals surface area contributed by atoms with Crippen molar-refractivity contribution >= 4 is 11.8 Å². The van der Waals surface area contributed by atoms with E-state index in [1.54, 1.807) is 12.1 Å². The summed E-state index contributed by atoms with van der Waals surface area (Å²) in [5, 5.41) is 15.6. The Morgan fingerprint density at radius 3 is 2.32 bits per heavy atom. The van der Waals surface area contributed by atoms with E-state index in [1.807, 2.05) is 0 Å². The number of halogens is 2. The Hall–Kier alpha value is -4.21. The van der Waals surface area contributed by atoms with Crippen molar-refractivity contribution in [1.82, 2.24) is 15.6 Å². The standard InChI is InChI=1S/C27H27F2N3O5/c1-36-24-12-16(2-11-23(24)33)13-25(34)31-19-5-7-20(8-6-19)32-26(35)22-14-18(29)15-30-27(22)37-21-9-3-17(28)4-10-21/h2-4,9-12,14-15,19-20,33H,5-8,13H2,1H3,(H,31,34)(H,32,35). The zero-order chi connectivity index (χ0) is 26.4. The number of methoxy groups -OCH3 is 1. The lowest BCUT2D eigenvalue weighted by Gasteiger charge is -2.29. The molecule has 1 aliphatic carbocycles. The molecule has 0 aliphatic heterocycles. The highest BCUT2D eigenvalue weighted by atomic mass is 19.1. The van der Waals surface area contributed by atoms with Crippen molar-refractivity contribution in [2.24, 2.45) is 0 Å². The van der Waals surface area contributed by atoms with Crippen LogP contribution in [-0.2, 0) is 11.2 Å². The molecule has 2 amide bonds. The fourth-order valence-corrected chi connectivity index (χ4v) is 4.23. The van der Waals surface area contributed by atoms with Crippen LogP contribution in [-0.4, -0.2) is 41.1 Å². The third-order valence-corrected chi connectivity index (χ3v) is 6.13.